The molecule has 0 radical (unpaired) electrons. The molecule has 4 rings (SSSR count). The Balaban J connectivity index is 1.29. The minimum absolute atomic E-state index is 0.493. The molecule has 3 N–H and O–H groups in total. The van der Waals surface area contributed by atoms with Crippen LogP contribution in [0, 0.1) is 0 Å². The van der Waals surface area contributed by atoms with Crippen LogP contribution in [0.2, 0.25) is 0 Å². The number of nitrogens with one attached hydrogen (secondary N) is 3. The first-order chi connectivity index (χ1) is 15.7. The Morgan fingerprint density at radius 1 is 0.469 bits per heavy atom. The third kappa shape index (κ3) is 5.73. The molecule has 0 spiro atoms. The van der Waals surface area contributed by atoms with Gasteiger partial charge in [0.25, 0.3) is 0 Å². The van der Waals surface area contributed by atoms with Crippen LogP contribution in [0.4, 0.5) is 22.7 Å². The molecule has 0 unspecified atom stereocenters. The van der Waals surface area contributed by atoms with Crippen molar-refractivity contribution in [2.24, 2.45) is 0 Å². The van der Waals surface area contributed by atoms with Crippen molar-refractivity contribution in [3.8, 4) is 11.5 Å². The zero-order valence-electron chi connectivity index (χ0n) is 17.1. The maximum absolute atomic E-state index is 12.2. The minimum Gasteiger partial charge on any atom is -0.457 e. The molecule has 0 heterocycles. The maximum atomic E-state index is 12.2. The number of carbonyl (C=O) groups excluding carboxylic acids is 2. The molecule has 4 aromatic rings. The summed E-state index contributed by atoms with van der Waals surface area (Å²) >= 11 is 0. The van der Waals surface area contributed by atoms with Gasteiger partial charge in [-0.15, -0.1) is 0 Å². The van der Waals surface area contributed by atoms with Gasteiger partial charge in [-0.05, 0) is 72.8 Å². The Labute approximate surface area is 185 Å². The van der Waals surface area contributed by atoms with E-state index in [2.05, 4.69) is 16.0 Å². The van der Waals surface area contributed by atoms with Crippen LogP contribution in [0.25, 0.3) is 0 Å². The number of rotatable bonds is 6. The average molecular weight is 423 g/mol. The van der Waals surface area contributed by atoms with Crippen molar-refractivity contribution < 1.29 is 14.3 Å². The fourth-order valence-electron chi connectivity index (χ4n) is 2.93. The number of amides is 2. The third-order valence-corrected chi connectivity index (χ3v) is 4.50. The normalized spacial score (nSPS) is 10.1. The van der Waals surface area contributed by atoms with Gasteiger partial charge >= 0.3 is 11.8 Å². The highest BCUT2D eigenvalue weighted by molar-refractivity contribution is 6.43. The summed E-state index contributed by atoms with van der Waals surface area (Å²) in [6.07, 6.45) is 0. The zero-order chi connectivity index (χ0) is 22.2. The molecule has 6 nitrogen and oxygen atoms in total. The Bertz CT molecular complexity index is 1080. The van der Waals surface area contributed by atoms with Gasteiger partial charge in [0, 0.05) is 22.7 Å². The fourth-order valence-corrected chi connectivity index (χ4v) is 2.93. The molecule has 0 saturated carbocycles. The van der Waals surface area contributed by atoms with Crippen molar-refractivity contribution in [1.82, 2.24) is 0 Å². The van der Waals surface area contributed by atoms with Gasteiger partial charge in [-0.2, -0.15) is 0 Å². The van der Waals surface area contributed by atoms with E-state index in [1.54, 1.807) is 36.4 Å². The lowest BCUT2D eigenvalue weighted by atomic mass is 10.2. The first kappa shape index (κ1) is 20.7. The van der Waals surface area contributed by atoms with Gasteiger partial charge in [0.15, 0.2) is 0 Å². The van der Waals surface area contributed by atoms with E-state index in [9.17, 15) is 9.59 Å². The van der Waals surface area contributed by atoms with E-state index >= 15 is 0 Å². The molecule has 6 heteroatoms. The third-order valence-electron chi connectivity index (χ3n) is 4.50. The van der Waals surface area contributed by atoms with Crippen LogP contribution < -0.4 is 20.7 Å². The molecule has 32 heavy (non-hydrogen) atoms. The summed E-state index contributed by atoms with van der Waals surface area (Å²) < 4.78 is 5.71. The Morgan fingerprint density at radius 3 is 1.44 bits per heavy atom. The summed E-state index contributed by atoms with van der Waals surface area (Å²) in [7, 11) is 0. The van der Waals surface area contributed by atoms with Crippen LogP contribution in [0.1, 0.15) is 0 Å². The van der Waals surface area contributed by atoms with Gasteiger partial charge in [-0.25, -0.2) is 0 Å². The van der Waals surface area contributed by atoms with Crippen LogP contribution in [0.15, 0.2) is 109 Å². The number of ether oxygens (including phenoxy) is 1. The molecule has 0 aromatic heterocycles. The lowest BCUT2D eigenvalue weighted by Gasteiger charge is -2.10. The van der Waals surface area contributed by atoms with Crippen LogP contribution in [0.3, 0.4) is 0 Å². The molecule has 0 bridgehead atoms. The fraction of sp³-hybridized carbons (Fsp3) is 0. The van der Waals surface area contributed by atoms with Gasteiger partial charge in [-0.3, -0.25) is 9.59 Å². The van der Waals surface area contributed by atoms with Crippen molar-refractivity contribution in [3.63, 3.8) is 0 Å². The largest absolute Gasteiger partial charge is 0.457 e. The second-order valence-electron chi connectivity index (χ2n) is 6.92. The van der Waals surface area contributed by atoms with E-state index in [1.807, 2.05) is 72.8 Å². The molecule has 158 valence electrons. The summed E-state index contributed by atoms with van der Waals surface area (Å²) in [6.45, 7) is 0. The predicted molar refractivity (Wildman–Crippen MR) is 126 cm³/mol. The van der Waals surface area contributed by atoms with Gasteiger partial charge < -0.3 is 20.7 Å². The smallest absolute Gasteiger partial charge is 0.314 e. The van der Waals surface area contributed by atoms with Crippen LogP contribution in [0.5, 0.6) is 11.5 Å². The monoisotopic (exact) mass is 423 g/mol. The topological polar surface area (TPSA) is 79.5 Å². The van der Waals surface area contributed by atoms with Gasteiger partial charge in [0.05, 0.1) is 0 Å². The summed E-state index contributed by atoms with van der Waals surface area (Å²) in [5, 5.41) is 8.43. The minimum atomic E-state index is -0.756. The number of anilines is 4. The molecule has 0 aliphatic rings. The standard InChI is InChI=1S/C26H21N3O3/c30-25(28-21-13-11-20(12-14-21)27-19-7-3-1-4-8-19)26(31)29-22-15-17-24(18-16-22)32-23-9-5-2-6-10-23/h1-18,27H,(H,28,30)(H,29,31). The van der Waals surface area contributed by atoms with E-state index in [0.29, 0.717) is 22.9 Å². The second-order valence-corrected chi connectivity index (χ2v) is 6.92. The number of benzene rings is 4. The number of hydrogen-bond donors (Lipinski definition) is 3. The number of carbonyl (C=O) groups is 2. The summed E-state index contributed by atoms with van der Waals surface area (Å²) in [4.78, 5) is 24.5. The molecular formula is C26H21N3O3. The van der Waals surface area contributed by atoms with Crippen molar-refractivity contribution in [2.45, 2.75) is 0 Å². The van der Waals surface area contributed by atoms with Crippen LogP contribution >= 0.6 is 0 Å². The summed E-state index contributed by atoms with van der Waals surface area (Å²) in [5.41, 5.74) is 2.85. The van der Waals surface area contributed by atoms with E-state index in [0.717, 1.165) is 11.4 Å². The second kappa shape index (κ2) is 9.95. The number of hydrogen-bond acceptors (Lipinski definition) is 4. The van der Waals surface area contributed by atoms with Crippen molar-refractivity contribution in [3.05, 3.63) is 109 Å². The van der Waals surface area contributed by atoms with Crippen molar-refractivity contribution >= 4 is 34.6 Å². The SMILES string of the molecule is O=C(Nc1ccc(Nc2ccccc2)cc1)C(=O)Nc1ccc(Oc2ccccc2)cc1. The molecule has 0 atom stereocenters. The summed E-state index contributed by atoms with van der Waals surface area (Å²) in [6, 6.07) is 33.0. The highest BCUT2D eigenvalue weighted by Crippen LogP contribution is 2.23. The highest BCUT2D eigenvalue weighted by Gasteiger charge is 2.14. The molecule has 0 fully saturated rings. The first-order valence-electron chi connectivity index (χ1n) is 10.0. The molecular weight excluding hydrogens is 402 g/mol. The predicted octanol–water partition coefficient (Wildman–Crippen LogP) is 5.80. The molecule has 4 aromatic carbocycles. The Hall–Kier alpha value is -4.58. The lowest BCUT2D eigenvalue weighted by molar-refractivity contribution is -0.132. The van der Waals surface area contributed by atoms with Crippen LogP contribution in [-0.2, 0) is 9.59 Å². The molecule has 0 aliphatic carbocycles. The van der Waals surface area contributed by atoms with Crippen LogP contribution in [-0.4, -0.2) is 11.8 Å². The van der Waals surface area contributed by atoms with Crippen molar-refractivity contribution in [1.29, 1.82) is 0 Å². The maximum Gasteiger partial charge on any atom is 0.314 e. The van der Waals surface area contributed by atoms with E-state index in [-0.39, 0.29) is 0 Å². The van der Waals surface area contributed by atoms with E-state index in [1.165, 1.54) is 0 Å². The molecule has 2 amide bonds. The van der Waals surface area contributed by atoms with Crippen molar-refractivity contribution in [2.75, 3.05) is 16.0 Å². The average Bonchev–Trinajstić information content (AvgIpc) is 2.83. The number of para-hydroxylation sites is 2. The Morgan fingerprint density at radius 2 is 0.875 bits per heavy atom. The lowest BCUT2D eigenvalue weighted by Crippen LogP contribution is -2.29. The van der Waals surface area contributed by atoms with E-state index in [4.69, 9.17) is 4.74 Å². The van der Waals surface area contributed by atoms with Gasteiger partial charge in [0.1, 0.15) is 11.5 Å². The highest BCUT2D eigenvalue weighted by atomic mass is 16.5. The molecule has 0 aliphatic heterocycles. The first-order valence-corrected chi connectivity index (χ1v) is 10.0. The Kier molecular flexibility index (Phi) is 6.43. The molecule has 0 saturated heterocycles. The summed E-state index contributed by atoms with van der Waals surface area (Å²) in [5.74, 6) is -0.164. The zero-order valence-corrected chi connectivity index (χ0v) is 17.1. The van der Waals surface area contributed by atoms with E-state index < -0.39 is 11.8 Å². The van der Waals surface area contributed by atoms with Gasteiger partial charge in [0.2, 0.25) is 0 Å². The quantitative estimate of drug-likeness (QED) is 0.343. The van der Waals surface area contributed by atoms with Gasteiger partial charge in [-0.1, -0.05) is 36.4 Å².